The summed E-state index contributed by atoms with van der Waals surface area (Å²) in [5.74, 6) is 1.81. The molecule has 0 spiro atoms. The van der Waals surface area contributed by atoms with Gasteiger partial charge in [-0.05, 0) is 86.4 Å². The van der Waals surface area contributed by atoms with Gasteiger partial charge < -0.3 is 15.7 Å². The van der Waals surface area contributed by atoms with Crippen molar-refractivity contribution in [1.29, 1.82) is 0 Å². The van der Waals surface area contributed by atoms with Crippen LogP contribution in [0, 0.1) is 40.9 Å². The van der Waals surface area contributed by atoms with Crippen LogP contribution in [0.4, 0.5) is 0 Å². The Morgan fingerprint density at radius 2 is 1.87 bits per heavy atom. The molecule has 2 heterocycles. The van der Waals surface area contributed by atoms with Gasteiger partial charge in [0.05, 0.1) is 0 Å². The van der Waals surface area contributed by atoms with Crippen molar-refractivity contribution in [3.63, 3.8) is 0 Å². The highest BCUT2D eigenvalue weighted by atomic mass is 16.4. The fraction of sp³-hybridized carbons (Fsp3) is 0.875. The Morgan fingerprint density at radius 1 is 1.10 bits per heavy atom. The van der Waals surface area contributed by atoms with Crippen molar-refractivity contribution in [1.82, 2.24) is 10.6 Å². The monoisotopic (exact) mass is 418 g/mol. The van der Waals surface area contributed by atoms with Crippen LogP contribution in [-0.4, -0.2) is 35.0 Å². The number of nitrogens with one attached hydrogen (secondary N) is 2. The number of fused-ring (bicyclic) bond motifs is 5. The van der Waals surface area contributed by atoms with Gasteiger partial charge in [-0.2, -0.15) is 0 Å². The van der Waals surface area contributed by atoms with Crippen LogP contribution in [0.15, 0.2) is 0 Å². The maximum atomic E-state index is 13.2. The minimum atomic E-state index is -0.741. The van der Waals surface area contributed by atoms with Crippen LogP contribution in [0.2, 0.25) is 0 Å². The second-order valence-electron chi connectivity index (χ2n) is 11.1. The molecule has 4 rings (SSSR count). The van der Waals surface area contributed by atoms with Gasteiger partial charge in [0.15, 0.2) is 0 Å². The molecule has 0 radical (unpaired) electrons. The number of hydrogen-bond donors (Lipinski definition) is 3. The third kappa shape index (κ3) is 3.54. The van der Waals surface area contributed by atoms with Gasteiger partial charge in [0, 0.05) is 31.3 Å². The molecule has 4 aliphatic rings. The summed E-state index contributed by atoms with van der Waals surface area (Å²) in [5, 5.41) is 15.6. The molecule has 3 unspecified atom stereocenters. The summed E-state index contributed by atoms with van der Waals surface area (Å²) >= 11 is 0. The number of carbonyl (C=O) groups is 3. The van der Waals surface area contributed by atoms with Crippen molar-refractivity contribution in [3.8, 4) is 0 Å². The van der Waals surface area contributed by atoms with Gasteiger partial charge in [0.1, 0.15) is 0 Å². The fourth-order valence-electron chi connectivity index (χ4n) is 8.13. The average Bonchev–Trinajstić information content (AvgIpc) is 2.83. The maximum Gasteiger partial charge on any atom is 0.303 e. The third-order valence-electron chi connectivity index (χ3n) is 9.72. The molecular formula is C24H38N2O4. The molecule has 4 fully saturated rings. The maximum absolute atomic E-state index is 13.2. The van der Waals surface area contributed by atoms with E-state index in [-0.39, 0.29) is 35.1 Å². The van der Waals surface area contributed by atoms with E-state index in [2.05, 4.69) is 31.4 Å². The topological polar surface area (TPSA) is 95.5 Å². The van der Waals surface area contributed by atoms with Crippen molar-refractivity contribution in [3.05, 3.63) is 0 Å². The molecule has 30 heavy (non-hydrogen) atoms. The van der Waals surface area contributed by atoms with E-state index in [0.717, 1.165) is 32.1 Å². The van der Waals surface area contributed by atoms with Gasteiger partial charge in [-0.25, -0.2) is 0 Å². The molecule has 2 amide bonds. The molecule has 2 aliphatic heterocycles. The first kappa shape index (κ1) is 21.6. The largest absolute Gasteiger partial charge is 0.481 e. The van der Waals surface area contributed by atoms with Gasteiger partial charge in [-0.3, -0.25) is 14.4 Å². The smallest absolute Gasteiger partial charge is 0.303 e. The predicted molar refractivity (Wildman–Crippen MR) is 113 cm³/mol. The van der Waals surface area contributed by atoms with E-state index in [0.29, 0.717) is 55.4 Å². The SMILES string of the molecule is C[C@H](CCC(=O)O)[C@H]1CCC2C3CC[C@@H]4CC(=O)NCC[C@]4(C)C3CC(=O)N[C@@]21C. The summed E-state index contributed by atoms with van der Waals surface area (Å²) < 4.78 is 0. The molecule has 3 N–H and O–H groups in total. The van der Waals surface area contributed by atoms with Crippen LogP contribution in [0.5, 0.6) is 0 Å². The van der Waals surface area contributed by atoms with Gasteiger partial charge >= 0.3 is 5.97 Å². The minimum Gasteiger partial charge on any atom is -0.481 e. The lowest BCUT2D eigenvalue weighted by Gasteiger charge is -2.53. The number of carboxylic acid groups (broad SMARTS) is 1. The van der Waals surface area contributed by atoms with Crippen LogP contribution in [0.25, 0.3) is 0 Å². The highest BCUT2D eigenvalue weighted by Gasteiger charge is 2.60. The number of carboxylic acids is 1. The first-order valence-electron chi connectivity index (χ1n) is 11.9. The van der Waals surface area contributed by atoms with Crippen molar-refractivity contribution in [2.45, 2.75) is 84.1 Å². The summed E-state index contributed by atoms with van der Waals surface area (Å²) in [5.41, 5.74) is -0.228. The summed E-state index contributed by atoms with van der Waals surface area (Å²) in [6.07, 6.45) is 7.32. The van der Waals surface area contributed by atoms with Crippen LogP contribution < -0.4 is 10.6 Å². The van der Waals surface area contributed by atoms with E-state index >= 15 is 0 Å². The highest BCUT2D eigenvalue weighted by Crippen LogP contribution is 2.61. The molecule has 2 saturated heterocycles. The fourth-order valence-corrected chi connectivity index (χ4v) is 8.13. The molecule has 6 heteroatoms. The summed E-state index contributed by atoms with van der Waals surface area (Å²) in [6, 6.07) is 0. The lowest BCUT2D eigenvalue weighted by atomic mass is 9.51. The van der Waals surface area contributed by atoms with Crippen molar-refractivity contribution < 1.29 is 19.5 Å². The second-order valence-corrected chi connectivity index (χ2v) is 11.1. The van der Waals surface area contributed by atoms with Gasteiger partial charge in [-0.1, -0.05) is 13.8 Å². The molecule has 0 bridgehead atoms. The molecule has 6 nitrogen and oxygen atoms in total. The lowest BCUT2D eigenvalue weighted by molar-refractivity contribution is -0.137. The van der Waals surface area contributed by atoms with Gasteiger partial charge in [-0.15, -0.1) is 0 Å². The first-order chi connectivity index (χ1) is 14.1. The number of hydrogen-bond acceptors (Lipinski definition) is 3. The number of amides is 2. The zero-order chi connectivity index (χ0) is 21.7. The Kier molecular flexibility index (Phi) is 5.65. The Morgan fingerprint density at radius 3 is 2.60 bits per heavy atom. The molecule has 168 valence electrons. The summed E-state index contributed by atoms with van der Waals surface area (Å²) in [4.78, 5) is 36.5. The molecule has 2 saturated carbocycles. The standard InChI is InChI=1S/C24H38N2O4/c1-14(4-9-22(29)30)17-7-8-18-16-6-5-15-12-20(27)25-11-10-23(15,2)19(16)13-21(28)26-24(17,18)3/h14-19H,4-13H2,1-3H3,(H,25,27)(H,26,28)(H,29,30)/t14-,15-,16?,17-,18?,19?,23+,24-/m1/s1. The number of carbonyl (C=O) groups excluding carboxylic acids is 2. The predicted octanol–water partition coefficient (Wildman–Crippen LogP) is 3.35. The number of aliphatic carboxylic acids is 1. The van der Waals surface area contributed by atoms with Crippen LogP contribution in [0.1, 0.15) is 78.6 Å². The van der Waals surface area contributed by atoms with Crippen LogP contribution in [0.3, 0.4) is 0 Å². The Labute approximate surface area is 179 Å². The molecule has 0 aromatic heterocycles. The molecule has 0 aromatic carbocycles. The molecule has 0 aromatic rings. The second kappa shape index (κ2) is 7.83. The Balaban J connectivity index is 1.62. The van der Waals surface area contributed by atoms with E-state index in [1.165, 1.54) is 0 Å². The zero-order valence-corrected chi connectivity index (χ0v) is 18.7. The Bertz CT molecular complexity index is 724. The first-order valence-corrected chi connectivity index (χ1v) is 11.9. The minimum absolute atomic E-state index is 0.0255. The van der Waals surface area contributed by atoms with E-state index < -0.39 is 5.97 Å². The van der Waals surface area contributed by atoms with Crippen molar-refractivity contribution >= 4 is 17.8 Å². The van der Waals surface area contributed by atoms with Gasteiger partial charge in [0.2, 0.25) is 11.8 Å². The molecule has 2 aliphatic carbocycles. The van der Waals surface area contributed by atoms with E-state index in [9.17, 15) is 14.4 Å². The van der Waals surface area contributed by atoms with Crippen molar-refractivity contribution in [2.24, 2.45) is 40.9 Å². The van der Waals surface area contributed by atoms with Gasteiger partial charge in [0.25, 0.3) is 0 Å². The zero-order valence-electron chi connectivity index (χ0n) is 18.7. The molecule has 8 atom stereocenters. The number of rotatable bonds is 4. The summed E-state index contributed by atoms with van der Waals surface area (Å²) in [7, 11) is 0. The van der Waals surface area contributed by atoms with Crippen molar-refractivity contribution in [2.75, 3.05) is 6.54 Å². The normalized spacial score (nSPS) is 44.4. The van der Waals surface area contributed by atoms with E-state index in [4.69, 9.17) is 5.11 Å². The lowest BCUT2D eigenvalue weighted by Crippen LogP contribution is -2.55. The Hall–Kier alpha value is -1.59. The van der Waals surface area contributed by atoms with E-state index in [1.807, 2.05) is 0 Å². The summed E-state index contributed by atoms with van der Waals surface area (Å²) in [6.45, 7) is 7.45. The van der Waals surface area contributed by atoms with E-state index in [1.54, 1.807) is 0 Å². The molecular weight excluding hydrogens is 380 g/mol. The van der Waals surface area contributed by atoms with Crippen LogP contribution in [-0.2, 0) is 14.4 Å². The van der Waals surface area contributed by atoms with Crippen LogP contribution >= 0.6 is 0 Å². The third-order valence-corrected chi connectivity index (χ3v) is 9.72. The average molecular weight is 419 g/mol. The highest BCUT2D eigenvalue weighted by molar-refractivity contribution is 5.78. The quantitative estimate of drug-likeness (QED) is 0.652.